The normalized spacial score (nSPS) is 21.1. The van der Waals surface area contributed by atoms with Crippen LogP contribution < -0.4 is 5.32 Å². The Bertz CT molecular complexity index is 849. The van der Waals surface area contributed by atoms with Gasteiger partial charge in [-0.15, -0.1) is 0 Å². The molecular weight excluding hydrogens is 300 g/mol. The van der Waals surface area contributed by atoms with Gasteiger partial charge < -0.3 is 15.4 Å². The summed E-state index contributed by atoms with van der Waals surface area (Å²) in [6.07, 6.45) is 7.27. The molecule has 0 aliphatic heterocycles. The van der Waals surface area contributed by atoms with Crippen LogP contribution in [-0.2, 0) is 0 Å². The predicted molar refractivity (Wildman–Crippen MR) is 95.9 cm³/mol. The van der Waals surface area contributed by atoms with Crippen LogP contribution in [0.5, 0.6) is 0 Å². The van der Waals surface area contributed by atoms with Gasteiger partial charge in [0.15, 0.2) is 0 Å². The highest BCUT2D eigenvalue weighted by Crippen LogP contribution is 2.28. The van der Waals surface area contributed by atoms with E-state index in [4.69, 9.17) is 4.98 Å². The molecule has 0 radical (unpaired) electrons. The lowest BCUT2D eigenvalue weighted by Gasteiger charge is -2.26. The van der Waals surface area contributed by atoms with Gasteiger partial charge in [0.25, 0.3) is 0 Å². The van der Waals surface area contributed by atoms with E-state index in [1.54, 1.807) is 6.20 Å². The van der Waals surface area contributed by atoms with Crippen molar-refractivity contribution in [1.82, 2.24) is 15.0 Å². The second kappa shape index (κ2) is 6.24. The number of rotatable bonds is 3. The number of nitrogens with zero attached hydrogens (tertiary/aromatic N) is 2. The Morgan fingerprint density at radius 1 is 1.17 bits per heavy atom. The molecule has 0 bridgehead atoms. The van der Waals surface area contributed by atoms with Gasteiger partial charge in [0, 0.05) is 34.9 Å². The van der Waals surface area contributed by atoms with E-state index >= 15 is 0 Å². The molecule has 0 saturated heterocycles. The Morgan fingerprint density at radius 2 is 2.00 bits per heavy atom. The molecule has 1 saturated carbocycles. The molecule has 3 N–H and O–H groups in total. The summed E-state index contributed by atoms with van der Waals surface area (Å²) in [5, 5.41) is 14.2. The molecule has 0 unspecified atom stereocenters. The Labute approximate surface area is 141 Å². The molecule has 5 nitrogen and oxygen atoms in total. The topological polar surface area (TPSA) is 73.8 Å². The largest absolute Gasteiger partial charge is 0.393 e. The van der Waals surface area contributed by atoms with Crippen LogP contribution in [0.15, 0.2) is 36.7 Å². The fraction of sp³-hybridized carbons (Fsp3) is 0.368. The number of hydrogen-bond acceptors (Lipinski definition) is 4. The molecule has 4 rings (SSSR count). The standard InChI is InChI=1S/C19H22N4O/c1-12-2-7-15-16(11-21-18(15)10-12)17-8-9-20-19(23-17)22-13-3-5-14(24)6-4-13/h2,7-11,13-14,21,24H,3-6H2,1H3,(H,20,22,23). The van der Waals surface area contributed by atoms with Crippen molar-refractivity contribution >= 4 is 16.9 Å². The zero-order chi connectivity index (χ0) is 16.5. The molecule has 5 heteroatoms. The third-order valence-electron chi connectivity index (χ3n) is 4.80. The summed E-state index contributed by atoms with van der Waals surface area (Å²) < 4.78 is 0. The van der Waals surface area contributed by atoms with Gasteiger partial charge in [-0.3, -0.25) is 0 Å². The third-order valence-corrected chi connectivity index (χ3v) is 4.80. The van der Waals surface area contributed by atoms with Crippen molar-refractivity contribution in [3.05, 3.63) is 42.2 Å². The molecule has 1 aromatic carbocycles. The first kappa shape index (κ1) is 15.1. The second-order valence-corrected chi connectivity index (χ2v) is 6.67. The van der Waals surface area contributed by atoms with E-state index in [1.165, 1.54) is 10.9 Å². The first-order valence-electron chi connectivity index (χ1n) is 8.55. The predicted octanol–water partition coefficient (Wildman–Crippen LogP) is 3.65. The van der Waals surface area contributed by atoms with Gasteiger partial charge in [-0.1, -0.05) is 12.1 Å². The molecule has 0 spiro atoms. The van der Waals surface area contributed by atoms with Crippen molar-refractivity contribution in [3.63, 3.8) is 0 Å². The first-order valence-corrected chi connectivity index (χ1v) is 8.55. The Morgan fingerprint density at radius 3 is 2.83 bits per heavy atom. The number of nitrogens with one attached hydrogen (secondary N) is 2. The SMILES string of the molecule is Cc1ccc2c(-c3ccnc(NC4CCC(O)CC4)n3)c[nH]c2c1. The van der Waals surface area contributed by atoms with Crippen LogP contribution in [0.2, 0.25) is 0 Å². The van der Waals surface area contributed by atoms with E-state index in [9.17, 15) is 5.11 Å². The first-order chi connectivity index (χ1) is 11.7. The molecular formula is C19H22N4O. The van der Waals surface area contributed by atoms with Crippen LogP contribution in [0.25, 0.3) is 22.2 Å². The summed E-state index contributed by atoms with van der Waals surface area (Å²) in [5.74, 6) is 0.662. The molecule has 1 aliphatic rings. The van der Waals surface area contributed by atoms with E-state index in [2.05, 4.69) is 40.4 Å². The minimum Gasteiger partial charge on any atom is -0.393 e. The molecule has 0 amide bonds. The summed E-state index contributed by atoms with van der Waals surface area (Å²) in [5.41, 5.74) is 4.37. The summed E-state index contributed by atoms with van der Waals surface area (Å²) >= 11 is 0. The van der Waals surface area contributed by atoms with Crippen molar-refractivity contribution in [1.29, 1.82) is 0 Å². The number of aromatic nitrogens is 3. The van der Waals surface area contributed by atoms with Gasteiger partial charge in [0.2, 0.25) is 5.95 Å². The maximum atomic E-state index is 9.62. The van der Waals surface area contributed by atoms with Gasteiger partial charge in [-0.2, -0.15) is 0 Å². The van der Waals surface area contributed by atoms with Crippen molar-refractivity contribution in [2.75, 3.05) is 5.32 Å². The number of aliphatic hydroxyl groups is 1. The maximum absolute atomic E-state index is 9.62. The zero-order valence-electron chi connectivity index (χ0n) is 13.8. The van der Waals surface area contributed by atoms with Crippen molar-refractivity contribution in [2.24, 2.45) is 0 Å². The number of hydrogen-bond donors (Lipinski definition) is 3. The Kier molecular flexibility index (Phi) is 3.94. The highest BCUT2D eigenvalue weighted by Gasteiger charge is 2.20. The van der Waals surface area contributed by atoms with Crippen LogP contribution >= 0.6 is 0 Å². The van der Waals surface area contributed by atoms with Crippen molar-refractivity contribution in [2.45, 2.75) is 44.8 Å². The summed E-state index contributed by atoms with van der Waals surface area (Å²) in [4.78, 5) is 12.4. The molecule has 124 valence electrons. The summed E-state index contributed by atoms with van der Waals surface area (Å²) in [6, 6.07) is 8.68. The van der Waals surface area contributed by atoms with Crippen LogP contribution in [-0.4, -0.2) is 32.2 Å². The highest BCUT2D eigenvalue weighted by molar-refractivity contribution is 5.94. The molecule has 2 aromatic heterocycles. The van der Waals surface area contributed by atoms with Gasteiger partial charge in [0.05, 0.1) is 11.8 Å². The Balaban J connectivity index is 1.60. The van der Waals surface area contributed by atoms with Gasteiger partial charge in [0.1, 0.15) is 0 Å². The van der Waals surface area contributed by atoms with Gasteiger partial charge >= 0.3 is 0 Å². The second-order valence-electron chi connectivity index (χ2n) is 6.67. The smallest absolute Gasteiger partial charge is 0.223 e. The molecule has 3 aromatic rings. The van der Waals surface area contributed by atoms with E-state index in [1.807, 2.05) is 12.3 Å². The average molecular weight is 322 g/mol. The van der Waals surface area contributed by atoms with E-state index < -0.39 is 0 Å². The van der Waals surface area contributed by atoms with E-state index in [0.717, 1.165) is 42.5 Å². The highest BCUT2D eigenvalue weighted by atomic mass is 16.3. The third kappa shape index (κ3) is 2.99. The van der Waals surface area contributed by atoms with Crippen molar-refractivity contribution < 1.29 is 5.11 Å². The minimum absolute atomic E-state index is 0.148. The number of anilines is 1. The fourth-order valence-corrected chi connectivity index (χ4v) is 3.43. The summed E-state index contributed by atoms with van der Waals surface area (Å²) in [7, 11) is 0. The summed E-state index contributed by atoms with van der Waals surface area (Å²) in [6.45, 7) is 2.09. The molecule has 1 fully saturated rings. The fourth-order valence-electron chi connectivity index (χ4n) is 3.43. The molecule has 1 aliphatic carbocycles. The van der Waals surface area contributed by atoms with Crippen LogP contribution in [0.1, 0.15) is 31.2 Å². The van der Waals surface area contributed by atoms with Crippen LogP contribution in [0.3, 0.4) is 0 Å². The Hall–Kier alpha value is -2.40. The van der Waals surface area contributed by atoms with Crippen LogP contribution in [0.4, 0.5) is 5.95 Å². The van der Waals surface area contributed by atoms with Crippen LogP contribution in [0, 0.1) is 6.92 Å². The molecule has 24 heavy (non-hydrogen) atoms. The van der Waals surface area contributed by atoms with Crippen molar-refractivity contribution in [3.8, 4) is 11.3 Å². The number of benzene rings is 1. The van der Waals surface area contributed by atoms with Gasteiger partial charge in [-0.25, -0.2) is 9.97 Å². The quantitative estimate of drug-likeness (QED) is 0.688. The lowest BCUT2D eigenvalue weighted by atomic mass is 9.93. The number of fused-ring (bicyclic) bond motifs is 1. The number of aliphatic hydroxyl groups excluding tert-OH is 1. The number of H-pyrrole nitrogens is 1. The monoisotopic (exact) mass is 322 g/mol. The van der Waals surface area contributed by atoms with Gasteiger partial charge in [-0.05, 0) is 50.3 Å². The van der Waals surface area contributed by atoms with E-state index in [0.29, 0.717) is 12.0 Å². The zero-order valence-corrected chi connectivity index (χ0v) is 13.8. The lowest BCUT2D eigenvalue weighted by molar-refractivity contribution is 0.126. The number of aromatic amines is 1. The maximum Gasteiger partial charge on any atom is 0.223 e. The molecule has 2 heterocycles. The average Bonchev–Trinajstić information content (AvgIpc) is 3.00. The number of aryl methyl sites for hydroxylation is 1. The minimum atomic E-state index is -0.148. The molecule has 0 atom stereocenters. The lowest BCUT2D eigenvalue weighted by Crippen LogP contribution is -2.28. The van der Waals surface area contributed by atoms with E-state index in [-0.39, 0.29) is 6.10 Å².